The second-order valence-corrected chi connectivity index (χ2v) is 6.25. The summed E-state index contributed by atoms with van der Waals surface area (Å²) in [6.07, 6.45) is 0.624. The largest absolute Gasteiger partial charge is 0.461 e. The molecule has 0 spiro atoms. The van der Waals surface area contributed by atoms with Crippen LogP contribution in [0, 0.1) is 11.3 Å². The predicted molar refractivity (Wildman–Crippen MR) is 87.2 cm³/mol. The van der Waals surface area contributed by atoms with E-state index in [9.17, 15) is 5.26 Å². The first-order valence-corrected chi connectivity index (χ1v) is 8.07. The number of rotatable bonds is 3. The van der Waals surface area contributed by atoms with Crippen LogP contribution in [0.3, 0.4) is 0 Å². The van der Waals surface area contributed by atoms with E-state index in [0.29, 0.717) is 17.8 Å². The van der Waals surface area contributed by atoms with E-state index in [0.717, 1.165) is 11.1 Å². The van der Waals surface area contributed by atoms with Crippen molar-refractivity contribution in [2.24, 2.45) is 0 Å². The first kappa shape index (κ1) is 14.8. The molecule has 1 aromatic carbocycles. The maximum Gasteiger partial charge on any atom is 0.208 e. The number of benzene rings is 1. The van der Waals surface area contributed by atoms with Crippen molar-refractivity contribution in [3.8, 4) is 6.07 Å². The highest BCUT2D eigenvalue weighted by atomic mass is 32.1. The highest BCUT2D eigenvalue weighted by molar-refractivity contribution is 7.08. The summed E-state index contributed by atoms with van der Waals surface area (Å²) in [5, 5.41) is 13.8. The third-order valence-corrected chi connectivity index (χ3v) is 4.72. The van der Waals surface area contributed by atoms with Gasteiger partial charge in [-0.25, -0.2) is 0 Å². The molecule has 2 aromatic rings. The lowest BCUT2D eigenvalue weighted by atomic mass is 9.83. The average Bonchev–Trinajstić information content (AvgIpc) is 3.09. The minimum Gasteiger partial charge on any atom is -0.461 e. The van der Waals surface area contributed by atoms with Crippen LogP contribution < -0.4 is 0 Å². The van der Waals surface area contributed by atoms with Gasteiger partial charge < -0.3 is 9.47 Å². The van der Waals surface area contributed by atoms with Gasteiger partial charge in [0, 0.05) is 31.9 Å². The zero-order valence-electron chi connectivity index (χ0n) is 12.6. The van der Waals surface area contributed by atoms with Gasteiger partial charge in [-0.1, -0.05) is 30.3 Å². The van der Waals surface area contributed by atoms with Gasteiger partial charge in [-0.3, -0.25) is 0 Å². The Kier molecular flexibility index (Phi) is 4.02. The van der Waals surface area contributed by atoms with E-state index in [-0.39, 0.29) is 5.92 Å². The van der Waals surface area contributed by atoms with Gasteiger partial charge in [0.1, 0.15) is 5.76 Å². The molecule has 0 saturated carbocycles. The molecule has 0 saturated heterocycles. The van der Waals surface area contributed by atoms with Crippen molar-refractivity contribution < 1.29 is 9.47 Å². The van der Waals surface area contributed by atoms with Gasteiger partial charge in [0.05, 0.1) is 11.6 Å². The summed E-state index contributed by atoms with van der Waals surface area (Å²) in [5.41, 5.74) is 2.71. The highest BCUT2D eigenvalue weighted by Crippen LogP contribution is 2.45. The first-order chi connectivity index (χ1) is 10.7. The standard InChI is InChI=1S/C18H17NO2S/c1-18(20-2)10-15(14-8-9-22-12-14)16(11-19)17(21-18)13-6-4-3-5-7-13/h3-9,12,15H,10H2,1-2H3. The molecular formula is C18H17NO2S. The summed E-state index contributed by atoms with van der Waals surface area (Å²) >= 11 is 1.64. The summed E-state index contributed by atoms with van der Waals surface area (Å²) in [4.78, 5) is 0. The van der Waals surface area contributed by atoms with E-state index in [1.54, 1.807) is 18.4 Å². The second-order valence-electron chi connectivity index (χ2n) is 5.47. The summed E-state index contributed by atoms with van der Waals surface area (Å²) in [5.74, 6) is -0.127. The lowest BCUT2D eigenvalue weighted by molar-refractivity contribution is -0.179. The van der Waals surface area contributed by atoms with Gasteiger partial charge in [-0.2, -0.15) is 16.6 Å². The van der Waals surface area contributed by atoms with Crippen LogP contribution in [0.5, 0.6) is 0 Å². The Morgan fingerprint density at radius 1 is 1.32 bits per heavy atom. The van der Waals surface area contributed by atoms with Gasteiger partial charge in [0.15, 0.2) is 0 Å². The molecule has 0 amide bonds. The minimum atomic E-state index is -0.738. The van der Waals surface area contributed by atoms with Gasteiger partial charge in [-0.05, 0) is 22.4 Å². The van der Waals surface area contributed by atoms with Gasteiger partial charge in [0.25, 0.3) is 0 Å². The molecule has 2 unspecified atom stereocenters. The number of hydrogen-bond donors (Lipinski definition) is 0. The monoisotopic (exact) mass is 311 g/mol. The molecule has 2 atom stereocenters. The van der Waals surface area contributed by atoms with Gasteiger partial charge in [0.2, 0.25) is 5.79 Å². The van der Waals surface area contributed by atoms with E-state index in [4.69, 9.17) is 9.47 Å². The van der Waals surface area contributed by atoms with Crippen LogP contribution in [-0.4, -0.2) is 12.9 Å². The van der Waals surface area contributed by atoms with E-state index in [1.807, 2.05) is 42.6 Å². The summed E-state index contributed by atoms with van der Waals surface area (Å²) in [7, 11) is 1.64. The molecular weight excluding hydrogens is 294 g/mol. The van der Waals surface area contributed by atoms with Crippen molar-refractivity contribution in [2.45, 2.75) is 25.0 Å². The molecule has 22 heavy (non-hydrogen) atoms. The molecule has 0 radical (unpaired) electrons. The van der Waals surface area contributed by atoms with E-state index in [1.165, 1.54) is 0 Å². The van der Waals surface area contributed by atoms with Crippen LogP contribution in [-0.2, 0) is 9.47 Å². The summed E-state index contributed by atoms with van der Waals surface area (Å²) < 4.78 is 11.7. The summed E-state index contributed by atoms with van der Waals surface area (Å²) in [6, 6.07) is 14.2. The topological polar surface area (TPSA) is 42.2 Å². The number of thiophene rings is 1. The van der Waals surface area contributed by atoms with Crippen LogP contribution in [0.4, 0.5) is 0 Å². The third kappa shape index (κ3) is 2.66. The Labute approximate surface area is 134 Å². The molecule has 1 aromatic heterocycles. The van der Waals surface area contributed by atoms with Gasteiger partial charge >= 0.3 is 0 Å². The molecule has 0 aliphatic carbocycles. The Bertz CT molecular complexity index is 715. The highest BCUT2D eigenvalue weighted by Gasteiger charge is 2.40. The molecule has 0 N–H and O–H groups in total. The average molecular weight is 311 g/mol. The van der Waals surface area contributed by atoms with Crippen molar-refractivity contribution in [2.75, 3.05) is 7.11 Å². The normalized spacial score (nSPS) is 24.7. The first-order valence-electron chi connectivity index (χ1n) is 7.13. The SMILES string of the molecule is COC1(C)CC(c2ccsc2)C(C#N)=C(c2ccccc2)O1. The van der Waals surface area contributed by atoms with E-state index in [2.05, 4.69) is 17.5 Å². The number of methoxy groups -OCH3 is 1. The zero-order valence-corrected chi connectivity index (χ0v) is 13.4. The molecule has 4 heteroatoms. The van der Waals surface area contributed by atoms with Gasteiger partial charge in [-0.15, -0.1) is 0 Å². The molecule has 1 aliphatic rings. The van der Waals surface area contributed by atoms with Crippen molar-refractivity contribution in [1.29, 1.82) is 5.26 Å². The maximum atomic E-state index is 9.71. The maximum absolute atomic E-state index is 9.71. The molecule has 0 fully saturated rings. The fraction of sp³-hybridized carbons (Fsp3) is 0.278. The fourth-order valence-corrected chi connectivity index (χ4v) is 3.47. The minimum absolute atomic E-state index is 0.00911. The van der Waals surface area contributed by atoms with E-state index < -0.39 is 5.79 Å². The molecule has 112 valence electrons. The zero-order chi connectivity index (χ0) is 15.6. The lowest BCUT2D eigenvalue weighted by Gasteiger charge is -2.38. The number of hydrogen-bond acceptors (Lipinski definition) is 4. The quantitative estimate of drug-likeness (QED) is 0.835. The molecule has 3 rings (SSSR count). The van der Waals surface area contributed by atoms with Crippen LogP contribution in [0.15, 0.2) is 52.7 Å². The third-order valence-electron chi connectivity index (χ3n) is 4.02. The van der Waals surface area contributed by atoms with Crippen LogP contribution >= 0.6 is 11.3 Å². The van der Waals surface area contributed by atoms with Crippen molar-refractivity contribution >= 4 is 17.1 Å². The van der Waals surface area contributed by atoms with Crippen molar-refractivity contribution in [3.63, 3.8) is 0 Å². The van der Waals surface area contributed by atoms with Crippen molar-refractivity contribution in [3.05, 3.63) is 63.9 Å². The van der Waals surface area contributed by atoms with Crippen LogP contribution in [0.1, 0.15) is 30.4 Å². The second kappa shape index (κ2) is 5.96. The Balaban J connectivity index is 2.15. The number of allylic oxidation sites excluding steroid dienone is 1. The molecule has 2 heterocycles. The number of ether oxygens (including phenoxy) is 2. The number of nitrogens with zero attached hydrogens (tertiary/aromatic N) is 1. The number of nitriles is 1. The Morgan fingerprint density at radius 3 is 2.68 bits per heavy atom. The fourth-order valence-electron chi connectivity index (χ4n) is 2.76. The smallest absolute Gasteiger partial charge is 0.208 e. The Hall–Kier alpha value is -2.09. The molecule has 3 nitrogen and oxygen atoms in total. The van der Waals surface area contributed by atoms with Crippen LogP contribution in [0.25, 0.3) is 5.76 Å². The molecule has 1 aliphatic heterocycles. The summed E-state index contributed by atoms with van der Waals surface area (Å²) in [6.45, 7) is 1.92. The Morgan fingerprint density at radius 2 is 2.09 bits per heavy atom. The predicted octanol–water partition coefficient (Wildman–Crippen LogP) is 4.55. The molecule has 0 bridgehead atoms. The lowest BCUT2D eigenvalue weighted by Crippen LogP contribution is -2.36. The van der Waals surface area contributed by atoms with E-state index >= 15 is 0 Å². The van der Waals surface area contributed by atoms with Crippen LogP contribution in [0.2, 0.25) is 0 Å². The van der Waals surface area contributed by atoms with Crippen molar-refractivity contribution in [1.82, 2.24) is 0 Å².